The van der Waals surface area contributed by atoms with Gasteiger partial charge in [-0.1, -0.05) is 6.92 Å². The number of thiazole rings is 1. The number of carbonyl (C=O) groups is 1. The predicted molar refractivity (Wildman–Crippen MR) is 83.2 cm³/mol. The summed E-state index contributed by atoms with van der Waals surface area (Å²) in [6.07, 6.45) is 1.09. The highest BCUT2D eigenvalue weighted by Crippen LogP contribution is 2.20. The molecule has 1 heterocycles. The lowest BCUT2D eigenvalue weighted by Crippen LogP contribution is -2.27. The first-order valence-corrected chi connectivity index (χ1v) is 7.82. The molecule has 0 aliphatic heterocycles. The first-order chi connectivity index (χ1) is 9.31. The van der Waals surface area contributed by atoms with Crippen LogP contribution in [0.2, 0.25) is 0 Å². The van der Waals surface area contributed by atoms with Crippen LogP contribution >= 0.6 is 11.3 Å². The van der Waals surface area contributed by atoms with Crippen molar-refractivity contribution in [3.05, 3.63) is 11.1 Å². The van der Waals surface area contributed by atoms with Gasteiger partial charge in [-0.05, 0) is 40.7 Å². The molecule has 2 N–H and O–H groups in total. The number of amides is 1. The van der Waals surface area contributed by atoms with Gasteiger partial charge in [0.2, 0.25) is 0 Å². The van der Waals surface area contributed by atoms with E-state index >= 15 is 0 Å². The summed E-state index contributed by atoms with van der Waals surface area (Å²) in [6.45, 7) is 11.0. The molecule has 1 rings (SSSR count). The number of rotatable bonds is 7. The summed E-state index contributed by atoms with van der Waals surface area (Å²) < 4.78 is 5.42. The molecule has 1 aromatic heterocycles. The summed E-state index contributed by atoms with van der Waals surface area (Å²) in [5.74, 6) is -0.171. The van der Waals surface area contributed by atoms with Crippen molar-refractivity contribution in [2.45, 2.75) is 52.7 Å². The van der Waals surface area contributed by atoms with Crippen LogP contribution in [-0.2, 0) is 9.53 Å². The second-order valence-electron chi connectivity index (χ2n) is 5.70. The van der Waals surface area contributed by atoms with Gasteiger partial charge in [-0.2, -0.15) is 0 Å². The van der Waals surface area contributed by atoms with Crippen LogP contribution in [0.25, 0.3) is 0 Å². The molecular formula is C14H25N3O2S. The van der Waals surface area contributed by atoms with E-state index in [2.05, 4.69) is 29.5 Å². The van der Waals surface area contributed by atoms with Crippen molar-refractivity contribution in [2.75, 3.05) is 18.5 Å². The van der Waals surface area contributed by atoms with E-state index in [1.807, 2.05) is 26.2 Å². The van der Waals surface area contributed by atoms with Crippen LogP contribution in [0.1, 0.15) is 52.8 Å². The highest BCUT2D eigenvalue weighted by Gasteiger charge is 2.15. The molecule has 1 atom stereocenters. The van der Waals surface area contributed by atoms with E-state index in [-0.39, 0.29) is 24.2 Å². The maximum Gasteiger partial charge on any atom is 0.252 e. The molecule has 0 aliphatic rings. The van der Waals surface area contributed by atoms with Crippen LogP contribution in [0.5, 0.6) is 0 Å². The number of hydrogen-bond acceptors (Lipinski definition) is 5. The maximum absolute atomic E-state index is 11.7. The molecule has 1 unspecified atom stereocenters. The van der Waals surface area contributed by atoms with E-state index in [1.54, 1.807) is 0 Å². The van der Waals surface area contributed by atoms with Crippen LogP contribution in [0, 0.1) is 0 Å². The van der Waals surface area contributed by atoms with Crippen molar-refractivity contribution >= 4 is 22.4 Å². The molecule has 114 valence electrons. The predicted octanol–water partition coefficient (Wildman–Crippen LogP) is 2.96. The Morgan fingerprint density at radius 3 is 2.80 bits per heavy atom. The molecular weight excluding hydrogens is 274 g/mol. The van der Waals surface area contributed by atoms with E-state index < -0.39 is 0 Å². The molecule has 0 saturated carbocycles. The van der Waals surface area contributed by atoms with Crippen molar-refractivity contribution < 1.29 is 9.53 Å². The lowest BCUT2D eigenvalue weighted by Gasteiger charge is -2.18. The molecule has 0 fully saturated rings. The fraction of sp³-hybridized carbons (Fsp3) is 0.714. The molecule has 0 bridgehead atoms. The van der Waals surface area contributed by atoms with Crippen molar-refractivity contribution in [1.29, 1.82) is 0 Å². The molecule has 20 heavy (non-hydrogen) atoms. The second-order valence-corrected chi connectivity index (χ2v) is 6.56. The van der Waals surface area contributed by atoms with E-state index in [4.69, 9.17) is 4.74 Å². The Balaban J connectivity index is 2.45. The Kier molecular flexibility index (Phi) is 6.58. The summed E-state index contributed by atoms with van der Waals surface area (Å²) in [4.78, 5) is 16.1. The molecule has 0 aliphatic carbocycles. The van der Waals surface area contributed by atoms with Crippen molar-refractivity contribution in [3.8, 4) is 0 Å². The topological polar surface area (TPSA) is 63.2 Å². The number of carbonyl (C=O) groups excluding carboxylic acids is 1. The SMILES string of the molecule is CCCNC(C)c1csc(NC(=O)COC(C)(C)C)n1. The second kappa shape index (κ2) is 7.71. The highest BCUT2D eigenvalue weighted by atomic mass is 32.1. The molecule has 0 aromatic carbocycles. The fourth-order valence-corrected chi connectivity index (χ4v) is 2.27. The van der Waals surface area contributed by atoms with E-state index in [0.717, 1.165) is 18.7 Å². The minimum atomic E-state index is -0.316. The minimum absolute atomic E-state index is 0.0437. The van der Waals surface area contributed by atoms with E-state index in [1.165, 1.54) is 11.3 Å². The third-order valence-electron chi connectivity index (χ3n) is 2.55. The molecule has 6 heteroatoms. The van der Waals surface area contributed by atoms with Gasteiger partial charge in [-0.15, -0.1) is 11.3 Å². The first-order valence-electron chi connectivity index (χ1n) is 6.94. The lowest BCUT2D eigenvalue weighted by molar-refractivity contribution is -0.125. The zero-order valence-electron chi connectivity index (χ0n) is 12.9. The Morgan fingerprint density at radius 1 is 1.50 bits per heavy atom. The monoisotopic (exact) mass is 299 g/mol. The molecule has 1 amide bonds. The number of anilines is 1. The quantitative estimate of drug-likeness (QED) is 0.812. The largest absolute Gasteiger partial charge is 0.366 e. The van der Waals surface area contributed by atoms with Crippen LogP contribution < -0.4 is 10.6 Å². The van der Waals surface area contributed by atoms with E-state index in [0.29, 0.717) is 5.13 Å². The van der Waals surface area contributed by atoms with Gasteiger partial charge in [0.15, 0.2) is 5.13 Å². The van der Waals surface area contributed by atoms with Crippen molar-refractivity contribution in [2.24, 2.45) is 0 Å². The third-order valence-corrected chi connectivity index (χ3v) is 3.32. The summed E-state index contributed by atoms with van der Waals surface area (Å²) in [7, 11) is 0. The van der Waals surface area contributed by atoms with Gasteiger partial charge in [0.1, 0.15) is 6.61 Å². The minimum Gasteiger partial charge on any atom is -0.366 e. The average Bonchev–Trinajstić information content (AvgIpc) is 2.81. The maximum atomic E-state index is 11.7. The summed E-state index contributed by atoms with van der Waals surface area (Å²) in [5, 5.41) is 8.71. The standard InChI is InChI=1S/C14H25N3O2S/c1-6-7-15-10(2)11-9-20-13(16-11)17-12(18)8-19-14(3,4)5/h9-10,15H,6-8H2,1-5H3,(H,16,17,18). The van der Waals surface area contributed by atoms with E-state index in [9.17, 15) is 4.79 Å². The Hall–Kier alpha value is -0.980. The first kappa shape index (κ1) is 17.1. The molecule has 0 saturated heterocycles. The summed E-state index contributed by atoms with van der Waals surface area (Å²) >= 11 is 1.43. The number of nitrogens with zero attached hydrogens (tertiary/aromatic N) is 1. The van der Waals surface area contributed by atoms with Crippen LogP contribution in [0.3, 0.4) is 0 Å². The van der Waals surface area contributed by atoms with Crippen LogP contribution in [0.4, 0.5) is 5.13 Å². The van der Waals surface area contributed by atoms with Gasteiger partial charge >= 0.3 is 0 Å². The molecule has 1 aromatic rings. The number of ether oxygens (including phenoxy) is 1. The molecule has 5 nitrogen and oxygen atoms in total. The summed E-state index contributed by atoms with van der Waals surface area (Å²) in [5.41, 5.74) is 0.639. The van der Waals surface area contributed by atoms with Gasteiger partial charge in [-0.25, -0.2) is 4.98 Å². The van der Waals surface area contributed by atoms with Crippen LogP contribution in [-0.4, -0.2) is 29.6 Å². The Labute approximate surface area is 125 Å². The van der Waals surface area contributed by atoms with Crippen molar-refractivity contribution in [1.82, 2.24) is 10.3 Å². The molecule has 0 radical (unpaired) electrons. The van der Waals surface area contributed by atoms with Gasteiger partial charge in [0.25, 0.3) is 5.91 Å². The zero-order valence-corrected chi connectivity index (χ0v) is 13.8. The lowest BCUT2D eigenvalue weighted by atomic mass is 10.2. The Bertz CT molecular complexity index is 426. The fourth-order valence-electron chi connectivity index (χ4n) is 1.45. The smallest absolute Gasteiger partial charge is 0.252 e. The van der Waals surface area contributed by atoms with Crippen molar-refractivity contribution in [3.63, 3.8) is 0 Å². The normalized spacial score (nSPS) is 13.2. The number of aromatic nitrogens is 1. The van der Waals surface area contributed by atoms with Crippen LogP contribution in [0.15, 0.2) is 5.38 Å². The number of hydrogen-bond donors (Lipinski definition) is 2. The van der Waals surface area contributed by atoms with Gasteiger partial charge < -0.3 is 10.1 Å². The zero-order chi connectivity index (χ0) is 15.2. The highest BCUT2D eigenvalue weighted by molar-refractivity contribution is 7.13. The Morgan fingerprint density at radius 2 is 2.20 bits per heavy atom. The molecule has 0 spiro atoms. The summed E-state index contributed by atoms with van der Waals surface area (Å²) in [6, 6.07) is 0.197. The third kappa shape index (κ3) is 6.45. The number of nitrogens with one attached hydrogen (secondary N) is 2. The van der Waals surface area contributed by atoms with Gasteiger partial charge in [-0.3, -0.25) is 10.1 Å². The average molecular weight is 299 g/mol. The van der Waals surface area contributed by atoms with Gasteiger partial charge in [0.05, 0.1) is 11.3 Å². The van der Waals surface area contributed by atoms with Gasteiger partial charge in [0, 0.05) is 11.4 Å².